The monoisotopic (exact) mass is 390 g/mol. The Hall–Kier alpha value is -2.83. The molecule has 1 aliphatic rings. The van der Waals surface area contributed by atoms with Crippen LogP contribution in [-0.2, 0) is 15.8 Å². The van der Waals surface area contributed by atoms with E-state index in [0.29, 0.717) is 11.6 Å². The van der Waals surface area contributed by atoms with Gasteiger partial charge < -0.3 is 10.2 Å². The molecule has 2 aromatic carbocycles. The lowest BCUT2D eigenvalue weighted by atomic mass is 10.0. The van der Waals surface area contributed by atoms with Crippen molar-refractivity contribution in [2.24, 2.45) is 5.92 Å². The SMILES string of the molecule is CC(C)c1ccc(N2C[C@@H](C(=O)Nc3ccccc3C(F)(F)F)CC2=O)cc1. The number of carbonyl (C=O) groups excluding carboxylic acids is 2. The first-order valence-corrected chi connectivity index (χ1v) is 9.04. The Morgan fingerprint density at radius 3 is 2.36 bits per heavy atom. The summed E-state index contributed by atoms with van der Waals surface area (Å²) >= 11 is 0. The molecule has 1 atom stereocenters. The molecule has 3 rings (SSSR count). The maximum atomic E-state index is 13.1. The molecule has 0 radical (unpaired) electrons. The number of hydrogen-bond acceptors (Lipinski definition) is 2. The summed E-state index contributed by atoms with van der Waals surface area (Å²) in [5.41, 5.74) is 0.606. The van der Waals surface area contributed by atoms with Crippen LogP contribution in [0.5, 0.6) is 0 Å². The number of nitrogens with one attached hydrogen (secondary N) is 1. The van der Waals surface area contributed by atoms with Crippen molar-refractivity contribution < 1.29 is 22.8 Å². The zero-order valence-electron chi connectivity index (χ0n) is 15.6. The molecule has 1 N–H and O–H groups in total. The fraction of sp³-hybridized carbons (Fsp3) is 0.333. The van der Waals surface area contributed by atoms with Gasteiger partial charge in [0, 0.05) is 18.7 Å². The van der Waals surface area contributed by atoms with Crippen LogP contribution in [0, 0.1) is 5.92 Å². The van der Waals surface area contributed by atoms with Crippen molar-refractivity contribution in [1.29, 1.82) is 0 Å². The minimum absolute atomic E-state index is 0.0358. The van der Waals surface area contributed by atoms with Gasteiger partial charge in [0.05, 0.1) is 17.2 Å². The highest BCUT2D eigenvalue weighted by Crippen LogP contribution is 2.35. The number of alkyl halides is 3. The standard InChI is InChI=1S/C21H21F3N2O2/c1-13(2)14-7-9-16(10-8-14)26-12-15(11-19(26)27)20(28)25-18-6-4-3-5-17(18)21(22,23)24/h3-10,13,15H,11-12H2,1-2H3,(H,25,28)/t15-/m0/s1. The second kappa shape index (κ2) is 7.66. The van der Waals surface area contributed by atoms with Crippen LogP contribution in [0.25, 0.3) is 0 Å². The van der Waals surface area contributed by atoms with E-state index in [0.717, 1.165) is 11.6 Å². The molecule has 28 heavy (non-hydrogen) atoms. The van der Waals surface area contributed by atoms with Gasteiger partial charge in [-0.1, -0.05) is 38.1 Å². The van der Waals surface area contributed by atoms with Crippen LogP contribution < -0.4 is 10.2 Å². The fourth-order valence-electron chi connectivity index (χ4n) is 3.25. The number of carbonyl (C=O) groups is 2. The van der Waals surface area contributed by atoms with Crippen LogP contribution in [0.3, 0.4) is 0 Å². The highest BCUT2D eigenvalue weighted by Gasteiger charge is 2.37. The second-order valence-electron chi connectivity index (χ2n) is 7.18. The lowest BCUT2D eigenvalue weighted by molar-refractivity contribution is -0.137. The highest BCUT2D eigenvalue weighted by molar-refractivity contribution is 6.03. The van der Waals surface area contributed by atoms with Crippen molar-refractivity contribution in [2.45, 2.75) is 32.4 Å². The van der Waals surface area contributed by atoms with Gasteiger partial charge in [0.1, 0.15) is 0 Å². The van der Waals surface area contributed by atoms with Crippen molar-refractivity contribution >= 4 is 23.2 Å². The van der Waals surface area contributed by atoms with Crippen LogP contribution in [-0.4, -0.2) is 18.4 Å². The average molecular weight is 390 g/mol. The molecule has 2 amide bonds. The van der Waals surface area contributed by atoms with Gasteiger partial charge in [0.2, 0.25) is 11.8 Å². The normalized spacial score (nSPS) is 17.3. The molecule has 2 aromatic rings. The molecule has 0 aromatic heterocycles. The summed E-state index contributed by atoms with van der Waals surface area (Å²) in [6.45, 7) is 4.27. The largest absolute Gasteiger partial charge is 0.418 e. The Kier molecular flexibility index (Phi) is 5.45. The van der Waals surface area contributed by atoms with Crippen LogP contribution in [0.1, 0.15) is 37.3 Å². The Labute approximate surface area is 161 Å². The van der Waals surface area contributed by atoms with E-state index in [1.807, 2.05) is 24.3 Å². The van der Waals surface area contributed by atoms with E-state index in [1.165, 1.54) is 23.1 Å². The Bertz CT molecular complexity index is 876. The fourth-order valence-corrected chi connectivity index (χ4v) is 3.25. The molecule has 1 aliphatic heterocycles. The van der Waals surface area contributed by atoms with E-state index in [9.17, 15) is 22.8 Å². The summed E-state index contributed by atoms with van der Waals surface area (Å²) in [5.74, 6) is -1.16. The maximum Gasteiger partial charge on any atom is 0.418 e. The second-order valence-corrected chi connectivity index (χ2v) is 7.18. The van der Waals surface area contributed by atoms with Gasteiger partial charge in [-0.3, -0.25) is 9.59 Å². The average Bonchev–Trinajstić information content (AvgIpc) is 3.03. The van der Waals surface area contributed by atoms with Crippen LogP contribution in [0.15, 0.2) is 48.5 Å². The minimum Gasteiger partial charge on any atom is -0.325 e. The lowest BCUT2D eigenvalue weighted by Crippen LogP contribution is -2.28. The van der Waals surface area contributed by atoms with E-state index in [2.05, 4.69) is 19.2 Å². The minimum atomic E-state index is -4.57. The highest BCUT2D eigenvalue weighted by atomic mass is 19.4. The zero-order valence-corrected chi connectivity index (χ0v) is 15.6. The number of benzene rings is 2. The predicted octanol–water partition coefficient (Wildman–Crippen LogP) is 4.82. The topological polar surface area (TPSA) is 49.4 Å². The van der Waals surface area contributed by atoms with Gasteiger partial charge in [-0.15, -0.1) is 0 Å². The molecule has 0 unspecified atom stereocenters. The molecule has 0 aliphatic carbocycles. The number of hydrogen-bond donors (Lipinski definition) is 1. The Morgan fingerprint density at radius 1 is 1.11 bits per heavy atom. The molecule has 148 valence electrons. The van der Waals surface area contributed by atoms with Gasteiger partial charge >= 0.3 is 6.18 Å². The summed E-state index contributed by atoms with van der Waals surface area (Å²) in [6.07, 6.45) is -4.61. The van der Waals surface area contributed by atoms with Crippen molar-refractivity contribution in [1.82, 2.24) is 0 Å². The van der Waals surface area contributed by atoms with E-state index in [1.54, 1.807) is 0 Å². The number of rotatable bonds is 4. The summed E-state index contributed by atoms with van der Waals surface area (Å²) in [6, 6.07) is 12.3. The third-order valence-corrected chi connectivity index (χ3v) is 4.86. The summed E-state index contributed by atoms with van der Waals surface area (Å²) in [4.78, 5) is 26.4. The van der Waals surface area contributed by atoms with Crippen molar-refractivity contribution in [3.05, 3.63) is 59.7 Å². The lowest BCUT2D eigenvalue weighted by Gasteiger charge is -2.18. The van der Waals surface area contributed by atoms with Gasteiger partial charge in [-0.2, -0.15) is 13.2 Å². The molecule has 1 fully saturated rings. The van der Waals surface area contributed by atoms with Crippen LogP contribution >= 0.6 is 0 Å². The first-order valence-electron chi connectivity index (χ1n) is 9.04. The number of halogens is 3. The molecule has 4 nitrogen and oxygen atoms in total. The van der Waals surface area contributed by atoms with Gasteiger partial charge in [0.15, 0.2) is 0 Å². The Balaban J connectivity index is 1.73. The first-order chi connectivity index (χ1) is 13.2. The van der Waals surface area contributed by atoms with Gasteiger partial charge in [0.25, 0.3) is 0 Å². The molecular weight excluding hydrogens is 369 g/mol. The number of anilines is 2. The van der Waals surface area contributed by atoms with E-state index in [4.69, 9.17) is 0 Å². The first kappa shape index (κ1) is 19.9. The van der Waals surface area contributed by atoms with Gasteiger partial charge in [-0.05, 0) is 35.7 Å². The molecule has 1 heterocycles. The molecular formula is C21H21F3N2O2. The number of amides is 2. The molecule has 0 saturated carbocycles. The summed E-state index contributed by atoms with van der Waals surface area (Å²) in [5, 5.41) is 2.34. The number of para-hydroxylation sites is 1. The van der Waals surface area contributed by atoms with Crippen molar-refractivity contribution in [3.8, 4) is 0 Å². The van der Waals surface area contributed by atoms with E-state index in [-0.39, 0.29) is 24.6 Å². The summed E-state index contributed by atoms with van der Waals surface area (Å²) in [7, 11) is 0. The quantitative estimate of drug-likeness (QED) is 0.814. The smallest absolute Gasteiger partial charge is 0.325 e. The predicted molar refractivity (Wildman–Crippen MR) is 101 cm³/mol. The van der Waals surface area contributed by atoms with Gasteiger partial charge in [-0.25, -0.2) is 0 Å². The molecule has 0 bridgehead atoms. The molecule has 0 spiro atoms. The van der Waals surface area contributed by atoms with Crippen molar-refractivity contribution in [2.75, 3.05) is 16.8 Å². The molecule has 7 heteroatoms. The van der Waals surface area contributed by atoms with Crippen LogP contribution in [0.4, 0.5) is 24.5 Å². The summed E-state index contributed by atoms with van der Waals surface area (Å²) < 4.78 is 39.3. The van der Waals surface area contributed by atoms with Crippen LogP contribution in [0.2, 0.25) is 0 Å². The zero-order chi connectivity index (χ0) is 20.5. The third-order valence-electron chi connectivity index (χ3n) is 4.86. The van der Waals surface area contributed by atoms with Crippen molar-refractivity contribution in [3.63, 3.8) is 0 Å². The molecule has 1 saturated heterocycles. The Morgan fingerprint density at radius 2 is 1.75 bits per heavy atom. The van der Waals surface area contributed by atoms with E-state index < -0.39 is 23.6 Å². The number of nitrogens with zero attached hydrogens (tertiary/aromatic N) is 1. The third kappa shape index (κ3) is 4.18. The van der Waals surface area contributed by atoms with E-state index >= 15 is 0 Å². The maximum absolute atomic E-state index is 13.1.